The summed E-state index contributed by atoms with van der Waals surface area (Å²) in [4.78, 5) is 26.3. The Labute approximate surface area is 183 Å². The van der Waals surface area contributed by atoms with E-state index in [2.05, 4.69) is 17.4 Å². The van der Waals surface area contributed by atoms with Crippen LogP contribution >= 0.6 is 0 Å². The molecule has 2 aromatic rings. The van der Waals surface area contributed by atoms with Gasteiger partial charge in [0.15, 0.2) is 0 Å². The highest BCUT2D eigenvalue weighted by molar-refractivity contribution is 5.95. The third-order valence-electron chi connectivity index (χ3n) is 7.39. The first-order chi connectivity index (χ1) is 15.2. The monoisotopic (exact) mass is 421 g/mol. The number of fused-ring (bicyclic) bond motifs is 3. The van der Waals surface area contributed by atoms with Crippen molar-refractivity contribution in [2.24, 2.45) is 17.8 Å². The van der Waals surface area contributed by atoms with E-state index >= 15 is 0 Å². The summed E-state index contributed by atoms with van der Waals surface area (Å²) in [6.45, 7) is 2.80. The van der Waals surface area contributed by atoms with Gasteiger partial charge in [-0.3, -0.25) is 14.3 Å². The van der Waals surface area contributed by atoms with Crippen LogP contribution in [-0.2, 0) is 28.9 Å². The van der Waals surface area contributed by atoms with Crippen molar-refractivity contribution in [3.05, 3.63) is 52.8 Å². The number of ether oxygens (including phenoxy) is 1. The summed E-state index contributed by atoms with van der Waals surface area (Å²) in [6.07, 6.45) is 7.17. The fourth-order valence-corrected chi connectivity index (χ4v) is 6.03. The lowest BCUT2D eigenvalue weighted by Crippen LogP contribution is -2.48. The van der Waals surface area contributed by atoms with Crippen LogP contribution in [0, 0.1) is 17.8 Å². The largest absolute Gasteiger partial charge is 0.466 e. The molecule has 0 saturated heterocycles. The van der Waals surface area contributed by atoms with Crippen LogP contribution in [0.2, 0.25) is 0 Å². The van der Waals surface area contributed by atoms with E-state index in [-0.39, 0.29) is 23.8 Å². The van der Waals surface area contributed by atoms with Crippen molar-refractivity contribution in [1.29, 1.82) is 0 Å². The Balaban J connectivity index is 1.43. The van der Waals surface area contributed by atoms with Gasteiger partial charge in [0, 0.05) is 11.6 Å². The first-order valence-electron chi connectivity index (χ1n) is 11.8. The zero-order chi connectivity index (χ0) is 21.4. The van der Waals surface area contributed by atoms with Gasteiger partial charge in [-0.25, -0.2) is 0 Å². The molecule has 4 atom stereocenters. The number of hydrogen-bond donors (Lipinski definition) is 1. The molecule has 1 amide bonds. The van der Waals surface area contributed by atoms with E-state index in [4.69, 9.17) is 9.84 Å². The van der Waals surface area contributed by atoms with Crippen molar-refractivity contribution in [3.8, 4) is 0 Å². The van der Waals surface area contributed by atoms with Crippen LogP contribution in [0.15, 0.2) is 30.3 Å². The molecular weight excluding hydrogens is 390 g/mol. The second kappa shape index (κ2) is 8.48. The molecular formula is C25H31N3O3. The Hall–Kier alpha value is -2.63. The molecule has 1 heterocycles. The molecule has 6 nitrogen and oxygen atoms in total. The van der Waals surface area contributed by atoms with Gasteiger partial charge in [0.25, 0.3) is 5.91 Å². The van der Waals surface area contributed by atoms with Crippen LogP contribution in [0.25, 0.3) is 0 Å². The van der Waals surface area contributed by atoms with Crippen molar-refractivity contribution >= 4 is 11.9 Å². The highest BCUT2D eigenvalue weighted by Gasteiger charge is 2.52. The number of amides is 1. The molecule has 0 radical (unpaired) electrons. The minimum Gasteiger partial charge on any atom is -0.466 e. The molecule has 31 heavy (non-hydrogen) atoms. The van der Waals surface area contributed by atoms with E-state index in [1.807, 2.05) is 29.8 Å². The number of carbonyl (C=O) groups excluding carboxylic acids is 2. The van der Waals surface area contributed by atoms with E-state index < -0.39 is 0 Å². The van der Waals surface area contributed by atoms with Gasteiger partial charge in [0.1, 0.15) is 5.69 Å². The van der Waals surface area contributed by atoms with Gasteiger partial charge < -0.3 is 10.1 Å². The van der Waals surface area contributed by atoms with Crippen LogP contribution in [0.5, 0.6) is 0 Å². The molecule has 0 spiro atoms. The molecule has 1 aromatic carbocycles. The first-order valence-corrected chi connectivity index (χ1v) is 11.8. The Morgan fingerprint density at radius 3 is 2.71 bits per heavy atom. The van der Waals surface area contributed by atoms with Gasteiger partial charge in [0.2, 0.25) is 0 Å². The highest BCUT2D eigenvalue weighted by atomic mass is 16.5. The minimum absolute atomic E-state index is 0.0848. The van der Waals surface area contributed by atoms with Crippen LogP contribution in [0.3, 0.4) is 0 Å². The van der Waals surface area contributed by atoms with E-state index in [1.165, 1.54) is 0 Å². The lowest BCUT2D eigenvalue weighted by molar-refractivity contribution is -0.150. The fourth-order valence-electron chi connectivity index (χ4n) is 6.03. The molecule has 3 aliphatic carbocycles. The fraction of sp³-hybridized carbons (Fsp3) is 0.560. The number of hydrogen-bond acceptors (Lipinski definition) is 4. The van der Waals surface area contributed by atoms with E-state index in [0.29, 0.717) is 30.7 Å². The van der Waals surface area contributed by atoms with Crippen LogP contribution in [0.1, 0.15) is 66.3 Å². The van der Waals surface area contributed by atoms with E-state index in [9.17, 15) is 9.59 Å². The summed E-state index contributed by atoms with van der Waals surface area (Å²) in [7, 11) is 0. The van der Waals surface area contributed by atoms with Gasteiger partial charge in [-0.15, -0.1) is 0 Å². The lowest BCUT2D eigenvalue weighted by atomic mass is 9.84. The number of nitrogens with zero attached hydrogens (tertiary/aromatic N) is 2. The molecule has 1 aromatic heterocycles. The van der Waals surface area contributed by atoms with Gasteiger partial charge in [-0.1, -0.05) is 30.3 Å². The highest BCUT2D eigenvalue weighted by Crippen LogP contribution is 2.49. The summed E-state index contributed by atoms with van der Waals surface area (Å²) in [6, 6.07) is 10.0. The Morgan fingerprint density at radius 2 is 1.90 bits per heavy atom. The standard InChI is InChI=1S/C25H31N3O3/c1-2-31-25(30)21-17-12-13-18(14-17)22(21)26-24(29)23-19-10-6-7-11-20(19)27-28(23)15-16-8-4-3-5-9-16/h3-5,8-9,17-18,21-22H,2,6-7,10-15H2,1H3,(H,26,29). The molecule has 164 valence electrons. The summed E-state index contributed by atoms with van der Waals surface area (Å²) in [5.41, 5.74) is 3.96. The molecule has 2 fully saturated rings. The number of rotatable bonds is 6. The molecule has 4 unspecified atom stereocenters. The maximum Gasteiger partial charge on any atom is 0.311 e. The first kappa shape index (κ1) is 20.3. The van der Waals surface area contributed by atoms with Crippen LogP contribution < -0.4 is 5.32 Å². The van der Waals surface area contributed by atoms with Crippen molar-refractivity contribution in [2.75, 3.05) is 6.61 Å². The predicted molar refractivity (Wildman–Crippen MR) is 117 cm³/mol. The van der Waals surface area contributed by atoms with Gasteiger partial charge in [-0.05, 0) is 69.3 Å². The topological polar surface area (TPSA) is 73.2 Å². The summed E-state index contributed by atoms with van der Waals surface area (Å²) < 4.78 is 7.25. The van der Waals surface area contributed by atoms with Crippen molar-refractivity contribution in [2.45, 2.75) is 64.5 Å². The number of carbonyl (C=O) groups is 2. The maximum atomic E-state index is 13.6. The number of aryl methyl sites for hydroxylation is 1. The number of aromatic nitrogens is 2. The normalized spacial score (nSPS) is 26.5. The lowest BCUT2D eigenvalue weighted by Gasteiger charge is -2.30. The van der Waals surface area contributed by atoms with Gasteiger partial charge >= 0.3 is 5.97 Å². The zero-order valence-corrected chi connectivity index (χ0v) is 18.2. The molecule has 2 saturated carbocycles. The van der Waals surface area contributed by atoms with E-state index in [1.54, 1.807) is 0 Å². The number of nitrogens with one attached hydrogen (secondary N) is 1. The molecule has 5 rings (SSSR count). The van der Waals surface area contributed by atoms with E-state index in [0.717, 1.165) is 61.8 Å². The third-order valence-corrected chi connectivity index (χ3v) is 7.39. The van der Waals surface area contributed by atoms with Crippen molar-refractivity contribution < 1.29 is 14.3 Å². The Morgan fingerprint density at radius 1 is 1.13 bits per heavy atom. The van der Waals surface area contributed by atoms with Gasteiger partial charge in [0.05, 0.1) is 24.8 Å². The average Bonchev–Trinajstić information content (AvgIpc) is 3.47. The molecule has 3 aliphatic rings. The quantitative estimate of drug-likeness (QED) is 0.725. The third kappa shape index (κ3) is 3.77. The Bertz CT molecular complexity index is 968. The maximum absolute atomic E-state index is 13.6. The zero-order valence-electron chi connectivity index (χ0n) is 18.2. The molecule has 1 N–H and O–H groups in total. The second-order valence-electron chi connectivity index (χ2n) is 9.23. The number of benzene rings is 1. The minimum atomic E-state index is -0.219. The Kier molecular flexibility index (Phi) is 5.55. The second-order valence-corrected chi connectivity index (χ2v) is 9.23. The van der Waals surface area contributed by atoms with Gasteiger partial charge in [-0.2, -0.15) is 5.10 Å². The van der Waals surface area contributed by atoms with Crippen LogP contribution in [0.4, 0.5) is 0 Å². The van der Waals surface area contributed by atoms with Crippen LogP contribution in [-0.4, -0.2) is 34.3 Å². The molecule has 0 aliphatic heterocycles. The predicted octanol–water partition coefficient (Wildman–Crippen LogP) is 3.52. The SMILES string of the molecule is CCOC(=O)C1C2CCC(C2)C1NC(=O)c1c2c(nn1Cc1ccccc1)CCCC2. The number of esters is 1. The van der Waals surface area contributed by atoms with Crippen molar-refractivity contribution in [1.82, 2.24) is 15.1 Å². The summed E-state index contributed by atoms with van der Waals surface area (Å²) >= 11 is 0. The summed E-state index contributed by atoms with van der Waals surface area (Å²) in [5, 5.41) is 8.12. The smallest absolute Gasteiger partial charge is 0.311 e. The molecule has 6 heteroatoms. The van der Waals surface area contributed by atoms with Crippen molar-refractivity contribution in [3.63, 3.8) is 0 Å². The molecule has 2 bridgehead atoms. The average molecular weight is 422 g/mol. The summed E-state index contributed by atoms with van der Waals surface area (Å²) in [5.74, 6) is 0.240.